The van der Waals surface area contributed by atoms with Crippen LogP contribution in [0.25, 0.3) is 0 Å². The van der Waals surface area contributed by atoms with Crippen molar-refractivity contribution in [3.63, 3.8) is 0 Å². The van der Waals surface area contributed by atoms with Gasteiger partial charge in [0, 0.05) is 24.2 Å². The SMILES string of the molecule is CC(C)CCN(c1ccc(C=O)cc1[N+](=O)[O-])C1CC1. The van der Waals surface area contributed by atoms with E-state index < -0.39 is 4.92 Å². The van der Waals surface area contributed by atoms with Crippen LogP contribution >= 0.6 is 0 Å². The van der Waals surface area contributed by atoms with E-state index in [1.54, 1.807) is 12.1 Å². The predicted octanol–water partition coefficient (Wildman–Crippen LogP) is 3.42. The topological polar surface area (TPSA) is 63.5 Å². The summed E-state index contributed by atoms with van der Waals surface area (Å²) in [5.41, 5.74) is 1.02. The Bertz CT molecular complexity index is 510. The van der Waals surface area contributed by atoms with Crippen LogP contribution in [-0.4, -0.2) is 23.8 Å². The van der Waals surface area contributed by atoms with Crippen molar-refractivity contribution < 1.29 is 9.72 Å². The molecule has 108 valence electrons. The summed E-state index contributed by atoms with van der Waals surface area (Å²) in [6, 6.07) is 5.14. The van der Waals surface area contributed by atoms with Crippen LogP contribution in [0.4, 0.5) is 11.4 Å². The van der Waals surface area contributed by atoms with Gasteiger partial charge in [0.05, 0.1) is 4.92 Å². The Morgan fingerprint density at radius 1 is 1.45 bits per heavy atom. The van der Waals surface area contributed by atoms with Crippen LogP contribution in [0.3, 0.4) is 0 Å². The van der Waals surface area contributed by atoms with E-state index in [0.717, 1.165) is 25.8 Å². The lowest BCUT2D eigenvalue weighted by Crippen LogP contribution is -2.28. The molecule has 5 heteroatoms. The molecule has 1 fully saturated rings. The Morgan fingerprint density at radius 3 is 2.65 bits per heavy atom. The molecular weight excluding hydrogens is 256 g/mol. The lowest BCUT2D eigenvalue weighted by Gasteiger charge is -2.25. The van der Waals surface area contributed by atoms with E-state index >= 15 is 0 Å². The molecule has 0 bridgehead atoms. The molecule has 1 aliphatic rings. The maximum Gasteiger partial charge on any atom is 0.293 e. The number of nitrogens with zero attached hydrogens (tertiary/aromatic N) is 2. The van der Waals surface area contributed by atoms with Crippen molar-refractivity contribution >= 4 is 17.7 Å². The van der Waals surface area contributed by atoms with Crippen molar-refractivity contribution in [3.8, 4) is 0 Å². The summed E-state index contributed by atoms with van der Waals surface area (Å²) < 4.78 is 0. The second-order valence-electron chi connectivity index (χ2n) is 5.73. The van der Waals surface area contributed by atoms with Crippen LogP contribution in [0, 0.1) is 16.0 Å². The number of hydrogen-bond donors (Lipinski definition) is 0. The summed E-state index contributed by atoms with van der Waals surface area (Å²) >= 11 is 0. The predicted molar refractivity (Wildman–Crippen MR) is 78.3 cm³/mol. The van der Waals surface area contributed by atoms with Gasteiger partial charge in [-0.2, -0.15) is 0 Å². The van der Waals surface area contributed by atoms with Gasteiger partial charge < -0.3 is 4.90 Å². The molecule has 0 aromatic heterocycles. The van der Waals surface area contributed by atoms with Crippen LogP contribution < -0.4 is 4.90 Å². The van der Waals surface area contributed by atoms with E-state index in [0.29, 0.717) is 29.5 Å². The van der Waals surface area contributed by atoms with Crippen molar-refractivity contribution in [1.82, 2.24) is 0 Å². The average molecular weight is 276 g/mol. The molecule has 0 radical (unpaired) electrons. The Balaban J connectivity index is 2.31. The van der Waals surface area contributed by atoms with Gasteiger partial charge in [-0.3, -0.25) is 14.9 Å². The highest BCUT2D eigenvalue weighted by Gasteiger charge is 2.32. The first-order valence-corrected chi connectivity index (χ1v) is 7.03. The van der Waals surface area contributed by atoms with Gasteiger partial charge in [0.25, 0.3) is 5.69 Å². The van der Waals surface area contributed by atoms with Crippen molar-refractivity contribution in [2.24, 2.45) is 5.92 Å². The molecular formula is C15H20N2O3. The summed E-state index contributed by atoms with van der Waals surface area (Å²) in [5.74, 6) is 0.560. The van der Waals surface area contributed by atoms with Crippen LogP contribution in [0.5, 0.6) is 0 Å². The smallest absolute Gasteiger partial charge is 0.293 e. The van der Waals surface area contributed by atoms with Gasteiger partial charge in [-0.1, -0.05) is 13.8 Å². The molecule has 1 aromatic carbocycles. The van der Waals surface area contributed by atoms with E-state index in [4.69, 9.17) is 0 Å². The highest BCUT2D eigenvalue weighted by molar-refractivity contribution is 5.79. The number of benzene rings is 1. The Hall–Kier alpha value is -1.91. The molecule has 1 aliphatic carbocycles. The van der Waals surface area contributed by atoms with Gasteiger partial charge in [-0.25, -0.2) is 0 Å². The number of nitro groups is 1. The van der Waals surface area contributed by atoms with E-state index in [1.165, 1.54) is 6.07 Å². The van der Waals surface area contributed by atoms with Gasteiger partial charge in [-0.05, 0) is 37.3 Å². The first kappa shape index (κ1) is 14.5. The van der Waals surface area contributed by atoms with Gasteiger partial charge >= 0.3 is 0 Å². The first-order valence-electron chi connectivity index (χ1n) is 7.03. The maximum atomic E-state index is 11.2. The van der Waals surface area contributed by atoms with Crippen molar-refractivity contribution in [2.75, 3.05) is 11.4 Å². The zero-order valence-corrected chi connectivity index (χ0v) is 11.9. The number of nitro benzene ring substituents is 1. The van der Waals surface area contributed by atoms with E-state index in [-0.39, 0.29) is 5.69 Å². The highest BCUT2D eigenvalue weighted by Crippen LogP contribution is 2.37. The van der Waals surface area contributed by atoms with Crippen LogP contribution in [-0.2, 0) is 0 Å². The standard InChI is InChI=1S/C15H20N2O3/c1-11(2)7-8-16(13-4-5-13)14-6-3-12(10-18)9-15(14)17(19)20/h3,6,9-11,13H,4-5,7-8H2,1-2H3. The number of hydrogen-bond acceptors (Lipinski definition) is 4. The highest BCUT2D eigenvalue weighted by atomic mass is 16.6. The molecule has 0 atom stereocenters. The third-order valence-electron chi connectivity index (χ3n) is 3.58. The quantitative estimate of drug-likeness (QED) is 0.435. The molecule has 0 spiro atoms. The van der Waals surface area contributed by atoms with Gasteiger partial charge in [0.15, 0.2) is 0 Å². The number of carbonyl (C=O) groups is 1. The van der Waals surface area contributed by atoms with Gasteiger partial charge in [0.1, 0.15) is 12.0 Å². The minimum Gasteiger partial charge on any atom is -0.363 e. The molecule has 0 saturated heterocycles. The minimum absolute atomic E-state index is 0.0326. The third-order valence-corrected chi connectivity index (χ3v) is 3.58. The van der Waals surface area contributed by atoms with Crippen LogP contribution in [0.1, 0.15) is 43.5 Å². The number of carbonyl (C=O) groups excluding carboxylic acids is 1. The summed E-state index contributed by atoms with van der Waals surface area (Å²) in [6.07, 6.45) is 3.82. The molecule has 5 nitrogen and oxygen atoms in total. The molecule has 0 heterocycles. The maximum absolute atomic E-state index is 11.2. The summed E-state index contributed by atoms with van der Waals surface area (Å²) in [4.78, 5) is 23.8. The molecule has 2 rings (SSSR count). The number of anilines is 1. The Labute approximate surface area is 118 Å². The molecule has 20 heavy (non-hydrogen) atoms. The lowest BCUT2D eigenvalue weighted by molar-refractivity contribution is -0.384. The zero-order valence-electron chi connectivity index (χ0n) is 11.9. The molecule has 1 saturated carbocycles. The van der Waals surface area contributed by atoms with Gasteiger partial charge in [-0.15, -0.1) is 0 Å². The molecule has 1 aromatic rings. The van der Waals surface area contributed by atoms with Crippen LogP contribution in [0.15, 0.2) is 18.2 Å². The molecule has 0 amide bonds. The summed E-state index contributed by atoms with van der Waals surface area (Å²) in [6.45, 7) is 5.12. The van der Waals surface area contributed by atoms with E-state index in [1.807, 2.05) is 0 Å². The van der Waals surface area contributed by atoms with E-state index in [2.05, 4.69) is 18.7 Å². The average Bonchev–Trinajstić information content (AvgIpc) is 3.23. The fraction of sp³-hybridized carbons (Fsp3) is 0.533. The second kappa shape index (κ2) is 6.03. The monoisotopic (exact) mass is 276 g/mol. The van der Waals surface area contributed by atoms with Crippen LogP contribution in [0.2, 0.25) is 0 Å². The number of rotatable bonds is 7. The van der Waals surface area contributed by atoms with Crippen molar-refractivity contribution in [1.29, 1.82) is 0 Å². The molecule has 0 aliphatic heterocycles. The fourth-order valence-electron chi connectivity index (χ4n) is 2.29. The minimum atomic E-state index is -0.396. The van der Waals surface area contributed by atoms with Gasteiger partial charge in [0.2, 0.25) is 0 Å². The Morgan fingerprint density at radius 2 is 2.15 bits per heavy atom. The zero-order chi connectivity index (χ0) is 14.7. The second-order valence-corrected chi connectivity index (χ2v) is 5.73. The van der Waals surface area contributed by atoms with E-state index in [9.17, 15) is 14.9 Å². The summed E-state index contributed by atoms with van der Waals surface area (Å²) in [7, 11) is 0. The number of aldehydes is 1. The normalized spacial score (nSPS) is 14.3. The third kappa shape index (κ3) is 3.35. The molecule has 0 unspecified atom stereocenters. The largest absolute Gasteiger partial charge is 0.363 e. The Kier molecular flexibility index (Phi) is 4.37. The fourth-order valence-corrected chi connectivity index (χ4v) is 2.29. The lowest BCUT2D eigenvalue weighted by atomic mass is 10.1. The van der Waals surface area contributed by atoms with Crippen molar-refractivity contribution in [3.05, 3.63) is 33.9 Å². The molecule has 0 N–H and O–H groups in total. The first-order chi connectivity index (χ1) is 9.52. The van der Waals surface area contributed by atoms with Crippen molar-refractivity contribution in [2.45, 2.75) is 39.2 Å². The summed E-state index contributed by atoms with van der Waals surface area (Å²) in [5, 5.41) is 11.2.